The molecule has 4 rings (SSSR count). The first-order valence-electron chi connectivity index (χ1n) is 12.4. The highest BCUT2D eigenvalue weighted by atomic mass is 32.2. The zero-order valence-corrected chi connectivity index (χ0v) is 24.3. The molecule has 0 atom stereocenters. The van der Waals surface area contributed by atoms with Gasteiger partial charge in [0, 0.05) is 15.2 Å². The molecule has 2 aliphatic carbocycles. The van der Waals surface area contributed by atoms with Gasteiger partial charge in [-0.15, -0.1) is 0 Å². The van der Waals surface area contributed by atoms with Crippen molar-refractivity contribution in [2.24, 2.45) is 10.8 Å². The van der Waals surface area contributed by atoms with Crippen LogP contribution in [0.2, 0.25) is 0 Å². The second-order valence-corrected chi connectivity index (χ2v) is 17.0. The lowest BCUT2D eigenvalue weighted by atomic mass is 9.70. The first kappa shape index (κ1) is 26.9. The van der Waals surface area contributed by atoms with Crippen molar-refractivity contribution in [3.63, 3.8) is 0 Å². The molecule has 6 heteroatoms. The van der Waals surface area contributed by atoms with Gasteiger partial charge in [-0.05, 0) is 64.5 Å². The molecule has 194 valence electrons. The van der Waals surface area contributed by atoms with Gasteiger partial charge >= 0.3 is 0 Å². The van der Waals surface area contributed by atoms with E-state index in [-0.39, 0.29) is 20.6 Å². The molecule has 0 bridgehead atoms. The van der Waals surface area contributed by atoms with E-state index in [9.17, 15) is 16.8 Å². The summed E-state index contributed by atoms with van der Waals surface area (Å²) in [5.74, 6) is 0. The fourth-order valence-corrected chi connectivity index (χ4v) is 8.70. The van der Waals surface area contributed by atoms with Crippen molar-refractivity contribution in [1.29, 1.82) is 0 Å². The van der Waals surface area contributed by atoms with Crippen LogP contribution in [0.25, 0.3) is 0 Å². The van der Waals surface area contributed by atoms with Crippen LogP contribution >= 0.6 is 0 Å². The van der Waals surface area contributed by atoms with Crippen molar-refractivity contribution in [1.82, 2.24) is 0 Å². The normalized spacial score (nSPS) is 24.9. The molecule has 36 heavy (non-hydrogen) atoms. The van der Waals surface area contributed by atoms with E-state index in [4.69, 9.17) is 0 Å². The summed E-state index contributed by atoms with van der Waals surface area (Å²) < 4.78 is 54.1. The maximum Gasteiger partial charge on any atom is 0.202 e. The summed E-state index contributed by atoms with van der Waals surface area (Å²) in [6, 6.07) is 14.2. The van der Waals surface area contributed by atoms with Crippen LogP contribution in [0, 0.1) is 10.8 Å². The monoisotopic (exact) mass is 526 g/mol. The van der Waals surface area contributed by atoms with Gasteiger partial charge in [-0.25, -0.2) is 16.8 Å². The molecule has 0 unspecified atom stereocenters. The Hall–Kier alpha value is -2.18. The van der Waals surface area contributed by atoms with E-state index in [0.29, 0.717) is 22.7 Å². The number of fused-ring (bicyclic) bond motifs is 1. The molecular weight excluding hydrogens is 488 g/mol. The highest BCUT2D eigenvalue weighted by Gasteiger charge is 2.55. The maximum absolute atomic E-state index is 13.5. The summed E-state index contributed by atoms with van der Waals surface area (Å²) in [5.41, 5.74) is 0.847. The number of benzene rings is 2. The van der Waals surface area contributed by atoms with E-state index >= 15 is 0 Å². The summed E-state index contributed by atoms with van der Waals surface area (Å²) in [7, 11) is -7.32. The number of hydrogen-bond acceptors (Lipinski definition) is 4. The van der Waals surface area contributed by atoms with E-state index in [1.54, 1.807) is 36.4 Å². The van der Waals surface area contributed by atoms with Crippen molar-refractivity contribution in [3.05, 3.63) is 81.6 Å². The Balaban J connectivity index is 1.67. The lowest BCUT2D eigenvalue weighted by Gasteiger charge is -2.33. The molecule has 2 aromatic rings. The van der Waals surface area contributed by atoms with Crippen molar-refractivity contribution in [2.75, 3.05) is 0 Å². The van der Waals surface area contributed by atoms with Gasteiger partial charge in [-0.2, -0.15) is 0 Å². The number of sulfone groups is 2. The van der Waals surface area contributed by atoms with Gasteiger partial charge in [0.15, 0.2) is 0 Å². The molecule has 0 aromatic heterocycles. The van der Waals surface area contributed by atoms with E-state index in [2.05, 4.69) is 41.5 Å². The third kappa shape index (κ3) is 4.41. The van der Waals surface area contributed by atoms with E-state index in [1.165, 1.54) is 0 Å². The van der Waals surface area contributed by atoms with Crippen LogP contribution in [0.5, 0.6) is 0 Å². The Morgan fingerprint density at radius 1 is 0.583 bits per heavy atom. The summed E-state index contributed by atoms with van der Waals surface area (Å²) in [6.07, 6.45) is 4.19. The average Bonchev–Trinajstić information content (AvgIpc) is 3.18. The largest absolute Gasteiger partial charge is 0.219 e. The number of allylic oxidation sites excluding steroid dienone is 4. The molecule has 0 spiro atoms. The van der Waals surface area contributed by atoms with Gasteiger partial charge in [-0.1, -0.05) is 91.8 Å². The highest BCUT2D eigenvalue weighted by molar-refractivity contribution is 7.95. The standard InChI is InChI=1S/C30H38O4S2/c1-27(2,3)21-9-13-23(14-10-21)35(31,32)25-17-29(7)19-26(20-30(29,8)18-25)36(33,34)24-15-11-22(12-16-24)28(4,5)6/h9-17,19H,18,20H2,1-8H3. The minimum absolute atomic E-state index is 0.0628. The van der Waals surface area contributed by atoms with Crippen molar-refractivity contribution in [2.45, 2.75) is 88.9 Å². The molecule has 0 amide bonds. The van der Waals surface area contributed by atoms with E-state index in [0.717, 1.165) is 11.1 Å². The van der Waals surface area contributed by atoms with Crippen LogP contribution in [-0.2, 0) is 30.5 Å². The van der Waals surface area contributed by atoms with Gasteiger partial charge in [0.25, 0.3) is 0 Å². The van der Waals surface area contributed by atoms with E-state index < -0.39 is 30.5 Å². The predicted molar refractivity (Wildman–Crippen MR) is 146 cm³/mol. The van der Waals surface area contributed by atoms with Crippen LogP contribution < -0.4 is 0 Å². The highest BCUT2D eigenvalue weighted by Crippen LogP contribution is 2.62. The van der Waals surface area contributed by atoms with Crippen LogP contribution in [0.4, 0.5) is 0 Å². The minimum Gasteiger partial charge on any atom is -0.219 e. The zero-order valence-electron chi connectivity index (χ0n) is 22.6. The lowest BCUT2D eigenvalue weighted by molar-refractivity contribution is 0.217. The lowest BCUT2D eigenvalue weighted by Crippen LogP contribution is -2.26. The second kappa shape index (κ2) is 8.16. The van der Waals surface area contributed by atoms with Crippen molar-refractivity contribution >= 4 is 19.7 Å². The summed E-state index contributed by atoms with van der Waals surface area (Å²) in [6.45, 7) is 16.5. The molecule has 0 N–H and O–H groups in total. The third-order valence-electron chi connectivity index (χ3n) is 8.10. The van der Waals surface area contributed by atoms with Crippen molar-refractivity contribution in [3.8, 4) is 0 Å². The number of hydrogen-bond donors (Lipinski definition) is 0. The van der Waals surface area contributed by atoms with Gasteiger partial charge in [0.2, 0.25) is 19.7 Å². The van der Waals surface area contributed by atoms with Gasteiger partial charge in [-0.3, -0.25) is 0 Å². The molecule has 2 aliphatic rings. The molecule has 2 aromatic carbocycles. The smallest absolute Gasteiger partial charge is 0.202 e. The fourth-order valence-electron chi connectivity index (χ4n) is 5.29. The molecule has 0 radical (unpaired) electrons. The zero-order chi connectivity index (χ0) is 26.9. The predicted octanol–water partition coefficient (Wildman–Crippen LogP) is 7.12. The molecule has 0 saturated carbocycles. The van der Waals surface area contributed by atoms with Crippen LogP contribution in [-0.4, -0.2) is 16.8 Å². The summed E-state index contributed by atoms with van der Waals surface area (Å²) in [4.78, 5) is 1.31. The SMILES string of the molecule is CC(C)(C)c1ccc(S(=O)(=O)C2=CC3(C)C=C(S(=O)(=O)c4ccc(C(C)(C)C)cc4)CC3(C)C2)cc1. The van der Waals surface area contributed by atoms with Gasteiger partial charge < -0.3 is 0 Å². The first-order chi connectivity index (χ1) is 16.3. The average molecular weight is 527 g/mol. The molecule has 0 heterocycles. The minimum atomic E-state index is -3.66. The second-order valence-electron chi connectivity index (χ2n) is 13.0. The van der Waals surface area contributed by atoms with E-state index in [1.807, 2.05) is 38.1 Å². The Morgan fingerprint density at radius 2 is 0.889 bits per heavy atom. The summed E-state index contributed by atoms with van der Waals surface area (Å²) >= 11 is 0. The van der Waals surface area contributed by atoms with Crippen LogP contribution in [0.1, 0.15) is 79.4 Å². The van der Waals surface area contributed by atoms with Gasteiger partial charge in [0.05, 0.1) is 9.79 Å². The molecule has 0 aliphatic heterocycles. The Labute approximate surface area is 217 Å². The Morgan fingerprint density at radius 3 is 1.14 bits per heavy atom. The van der Waals surface area contributed by atoms with Crippen LogP contribution in [0.3, 0.4) is 0 Å². The molecular formula is C30H38O4S2. The third-order valence-corrected chi connectivity index (χ3v) is 11.8. The summed E-state index contributed by atoms with van der Waals surface area (Å²) in [5, 5.41) is 0. The topological polar surface area (TPSA) is 68.3 Å². The fraction of sp³-hybridized carbons (Fsp3) is 0.467. The molecule has 0 fully saturated rings. The molecule has 4 nitrogen and oxygen atoms in total. The van der Waals surface area contributed by atoms with Crippen LogP contribution in [0.15, 0.2) is 80.3 Å². The Bertz CT molecular complexity index is 1350. The molecule has 0 saturated heterocycles. The quantitative estimate of drug-likeness (QED) is 0.425. The maximum atomic E-state index is 13.5. The first-order valence-corrected chi connectivity index (χ1v) is 15.4. The number of rotatable bonds is 4. The van der Waals surface area contributed by atoms with Crippen molar-refractivity contribution < 1.29 is 16.8 Å². The van der Waals surface area contributed by atoms with Gasteiger partial charge in [0.1, 0.15) is 0 Å². The Kier molecular flexibility index (Phi) is 6.09.